The third-order valence-corrected chi connectivity index (χ3v) is 2.90. The van der Waals surface area contributed by atoms with Crippen molar-refractivity contribution in [3.8, 4) is 11.4 Å². The Morgan fingerprint density at radius 3 is 2.68 bits per heavy atom. The summed E-state index contributed by atoms with van der Waals surface area (Å²) < 4.78 is 7.16. The van der Waals surface area contributed by atoms with Gasteiger partial charge in [0.15, 0.2) is 5.82 Å². The van der Waals surface area contributed by atoms with Gasteiger partial charge < -0.3 is 14.3 Å². The average Bonchev–Trinajstić information content (AvgIpc) is 3.08. The minimum Gasteiger partial charge on any atom is -0.467 e. The lowest BCUT2D eigenvalue weighted by Gasteiger charge is -2.05. The zero-order valence-electron chi connectivity index (χ0n) is 10.6. The van der Waals surface area contributed by atoms with Crippen molar-refractivity contribution in [1.82, 2.24) is 14.8 Å². The van der Waals surface area contributed by atoms with Crippen molar-refractivity contribution in [2.24, 2.45) is 7.05 Å². The van der Waals surface area contributed by atoms with Crippen LogP contribution in [0.5, 0.6) is 0 Å². The van der Waals surface area contributed by atoms with Gasteiger partial charge in [0.1, 0.15) is 12.1 Å². The van der Waals surface area contributed by atoms with E-state index < -0.39 is 0 Å². The van der Waals surface area contributed by atoms with E-state index in [0.717, 1.165) is 22.8 Å². The predicted octanol–water partition coefficient (Wildman–Crippen LogP) is 2.69. The van der Waals surface area contributed by atoms with Crippen LogP contribution in [0.25, 0.3) is 11.4 Å². The highest BCUT2D eigenvalue weighted by Gasteiger charge is 2.04. The van der Waals surface area contributed by atoms with Crippen LogP contribution in [0.4, 0.5) is 5.69 Å². The van der Waals surface area contributed by atoms with Crippen LogP contribution in [0, 0.1) is 0 Å². The minimum absolute atomic E-state index is 0.677. The maximum Gasteiger partial charge on any atom is 0.163 e. The molecule has 5 heteroatoms. The van der Waals surface area contributed by atoms with Gasteiger partial charge in [0, 0.05) is 18.3 Å². The van der Waals surface area contributed by atoms with Crippen LogP contribution >= 0.6 is 0 Å². The van der Waals surface area contributed by atoms with Crippen molar-refractivity contribution in [3.63, 3.8) is 0 Å². The minimum atomic E-state index is 0.677. The van der Waals surface area contributed by atoms with E-state index in [0.29, 0.717) is 6.54 Å². The molecule has 0 bridgehead atoms. The van der Waals surface area contributed by atoms with Crippen LogP contribution in [0.1, 0.15) is 5.76 Å². The van der Waals surface area contributed by atoms with Crippen LogP contribution in [0.3, 0.4) is 0 Å². The average molecular weight is 254 g/mol. The van der Waals surface area contributed by atoms with Gasteiger partial charge in [-0.15, -0.1) is 10.2 Å². The van der Waals surface area contributed by atoms with Gasteiger partial charge in [-0.25, -0.2) is 0 Å². The van der Waals surface area contributed by atoms with Crippen LogP contribution in [0.2, 0.25) is 0 Å². The zero-order valence-corrected chi connectivity index (χ0v) is 10.6. The molecule has 2 aromatic heterocycles. The number of rotatable bonds is 4. The van der Waals surface area contributed by atoms with Crippen molar-refractivity contribution in [2.45, 2.75) is 6.54 Å². The van der Waals surface area contributed by atoms with E-state index in [2.05, 4.69) is 15.5 Å². The van der Waals surface area contributed by atoms with E-state index in [1.165, 1.54) is 0 Å². The molecule has 0 saturated carbocycles. The first-order chi connectivity index (χ1) is 9.33. The highest BCUT2D eigenvalue weighted by Crippen LogP contribution is 2.19. The number of aryl methyl sites for hydroxylation is 1. The Balaban J connectivity index is 1.71. The monoisotopic (exact) mass is 254 g/mol. The molecule has 0 radical (unpaired) electrons. The number of aromatic nitrogens is 3. The summed E-state index contributed by atoms with van der Waals surface area (Å²) in [5.41, 5.74) is 2.09. The summed E-state index contributed by atoms with van der Waals surface area (Å²) in [5.74, 6) is 1.77. The fraction of sp³-hybridized carbons (Fsp3) is 0.143. The number of furan rings is 1. The van der Waals surface area contributed by atoms with Gasteiger partial charge in [-0.2, -0.15) is 0 Å². The molecule has 1 N–H and O–H groups in total. The van der Waals surface area contributed by atoms with Gasteiger partial charge in [-0.1, -0.05) is 0 Å². The summed E-state index contributed by atoms with van der Waals surface area (Å²) >= 11 is 0. The normalized spacial score (nSPS) is 10.6. The van der Waals surface area contributed by atoms with Crippen LogP contribution in [0.15, 0.2) is 53.4 Å². The van der Waals surface area contributed by atoms with E-state index in [9.17, 15) is 0 Å². The molecule has 0 spiro atoms. The molecule has 3 rings (SSSR count). The molecule has 2 heterocycles. The first-order valence-corrected chi connectivity index (χ1v) is 6.03. The van der Waals surface area contributed by atoms with Gasteiger partial charge in [-0.05, 0) is 36.4 Å². The highest BCUT2D eigenvalue weighted by molar-refractivity contribution is 5.59. The quantitative estimate of drug-likeness (QED) is 0.777. The van der Waals surface area contributed by atoms with Gasteiger partial charge in [0.2, 0.25) is 0 Å². The fourth-order valence-electron chi connectivity index (χ4n) is 1.88. The molecule has 0 fully saturated rings. The molecule has 0 saturated heterocycles. The molecule has 0 aliphatic rings. The van der Waals surface area contributed by atoms with Crippen molar-refractivity contribution >= 4 is 5.69 Å². The largest absolute Gasteiger partial charge is 0.467 e. The Kier molecular flexibility index (Phi) is 3.02. The zero-order chi connectivity index (χ0) is 13.1. The maximum absolute atomic E-state index is 5.27. The summed E-state index contributed by atoms with van der Waals surface area (Å²) in [7, 11) is 1.93. The molecule has 0 aliphatic heterocycles. The number of hydrogen-bond acceptors (Lipinski definition) is 4. The van der Waals surface area contributed by atoms with E-state index in [1.54, 1.807) is 12.6 Å². The van der Waals surface area contributed by atoms with E-state index >= 15 is 0 Å². The lowest BCUT2D eigenvalue weighted by Crippen LogP contribution is -1.98. The number of nitrogens with zero attached hydrogens (tertiary/aromatic N) is 3. The third-order valence-electron chi connectivity index (χ3n) is 2.90. The number of benzene rings is 1. The van der Waals surface area contributed by atoms with Gasteiger partial charge in [0.05, 0.1) is 12.8 Å². The van der Waals surface area contributed by atoms with Crippen LogP contribution < -0.4 is 5.32 Å². The standard InChI is InChI=1S/C14H14N4O/c1-18-10-16-17-14(18)11-4-6-12(7-5-11)15-9-13-3-2-8-19-13/h2-8,10,15H,9H2,1H3. The van der Waals surface area contributed by atoms with Crippen molar-refractivity contribution in [1.29, 1.82) is 0 Å². The SMILES string of the molecule is Cn1cnnc1-c1ccc(NCc2ccco2)cc1. The molecular weight excluding hydrogens is 240 g/mol. The summed E-state index contributed by atoms with van der Waals surface area (Å²) in [6, 6.07) is 11.9. The summed E-state index contributed by atoms with van der Waals surface area (Å²) in [5, 5.41) is 11.3. The molecule has 3 aromatic rings. The van der Waals surface area contributed by atoms with Crippen molar-refractivity contribution < 1.29 is 4.42 Å². The van der Waals surface area contributed by atoms with Gasteiger partial charge in [0.25, 0.3) is 0 Å². The molecule has 0 unspecified atom stereocenters. The smallest absolute Gasteiger partial charge is 0.163 e. The topological polar surface area (TPSA) is 55.9 Å². The maximum atomic E-state index is 5.27. The first-order valence-electron chi connectivity index (χ1n) is 6.03. The highest BCUT2D eigenvalue weighted by atomic mass is 16.3. The Morgan fingerprint density at radius 1 is 1.21 bits per heavy atom. The number of nitrogens with one attached hydrogen (secondary N) is 1. The predicted molar refractivity (Wildman–Crippen MR) is 72.5 cm³/mol. The van der Waals surface area contributed by atoms with Gasteiger partial charge in [-0.3, -0.25) is 0 Å². The lowest BCUT2D eigenvalue weighted by molar-refractivity contribution is 0.518. The second-order valence-corrected chi connectivity index (χ2v) is 4.28. The summed E-state index contributed by atoms with van der Waals surface area (Å²) in [6.07, 6.45) is 3.37. The second-order valence-electron chi connectivity index (χ2n) is 4.28. The van der Waals surface area contributed by atoms with Crippen LogP contribution in [-0.2, 0) is 13.6 Å². The Morgan fingerprint density at radius 2 is 2.05 bits per heavy atom. The van der Waals surface area contributed by atoms with E-state index in [1.807, 2.05) is 48.0 Å². The second kappa shape index (κ2) is 4.97. The van der Waals surface area contributed by atoms with Crippen LogP contribution in [-0.4, -0.2) is 14.8 Å². The molecule has 5 nitrogen and oxygen atoms in total. The van der Waals surface area contributed by atoms with E-state index in [-0.39, 0.29) is 0 Å². The number of anilines is 1. The molecule has 1 aromatic carbocycles. The molecule has 19 heavy (non-hydrogen) atoms. The molecule has 96 valence electrons. The summed E-state index contributed by atoms with van der Waals surface area (Å²) in [4.78, 5) is 0. The van der Waals surface area contributed by atoms with Crippen molar-refractivity contribution in [3.05, 3.63) is 54.7 Å². The lowest BCUT2D eigenvalue weighted by atomic mass is 10.2. The number of hydrogen-bond donors (Lipinski definition) is 1. The molecule has 0 atom stereocenters. The first kappa shape index (κ1) is 11.5. The van der Waals surface area contributed by atoms with Crippen molar-refractivity contribution in [2.75, 3.05) is 5.32 Å². The third kappa shape index (κ3) is 2.49. The molecule has 0 amide bonds. The molecule has 0 aliphatic carbocycles. The van der Waals surface area contributed by atoms with E-state index in [4.69, 9.17) is 4.42 Å². The Bertz CT molecular complexity index is 640. The fourth-order valence-corrected chi connectivity index (χ4v) is 1.88. The Labute approximate surface area is 110 Å². The molecular formula is C14H14N4O. The van der Waals surface area contributed by atoms with Gasteiger partial charge >= 0.3 is 0 Å². The summed E-state index contributed by atoms with van der Waals surface area (Å²) in [6.45, 7) is 0.677. The Hall–Kier alpha value is -2.56.